The zero-order valence-corrected chi connectivity index (χ0v) is 11.9. The lowest BCUT2D eigenvalue weighted by molar-refractivity contribution is 0.544. The van der Waals surface area contributed by atoms with Crippen molar-refractivity contribution < 1.29 is 4.39 Å². The van der Waals surface area contributed by atoms with E-state index in [2.05, 4.69) is 4.90 Å². The minimum atomic E-state index is -0.0984. The van der Waals surface area contributed by atoms with Crippen molar-refractivity contribution in [2.75, 3.05) is 18.0 Å². The number of rotatable bonds is 3. The molecule has 0 bridgehead atoms. The SMILES string of the molecule is CC(N)Cc1ccc(N2CCCCCCC2)c(F)c1. The monoisotopic (exact) mass is 264 g/mol. The zero-order chi connectivity index (χ0) is 13.7. The van der Waals surface area contributed by atoms with Crippen LogP contribution in [0.25, 0.3) is 0 Å². The van der Waals surface area contributed by atoms with Gasteiger partial charge in [0.05, 0.1) is 5.69 Å². The van der Waals surface area contributed by atoms with Crippen LogP contribution in [0.15, 0.2) is 18.2 Å². The quantitative estimate of drug-likeness (QED) is 0.905. The summed E-state index contributed by atoms with van der Waals surface area (Å²) in [6.45, 7) is 3.90. The topological polar surface area (TPSA) is 29.3 Å². The first kappa shape index (κ1) is 14.3. The fourth-order valence-corrected chi connectivity index (χ4v) is 2.79. The smallest absolute Gasteiger partial charge is 0.146 e. The molecule has 1 fully saturated rings. The molecule has 1 aliphatic rings. The number of benzene rings is 1. The van der Waals surface area contributed by atoms with Crippen LogP contribution in [-0.4, -0.2) is 19.1 Å². The van der Waals surface area contributed by atoms with Gasteiger partial charge < -0.3 is 10.6 Å². The van der Waals surface area contributed by atoms with Crippen LogP contribution in [0.1, 0.15) is 44.6 Å². The Morgan fingerprint density at radius 2 is 1.79 bits per heavy atom. The molecule has 2 N–H and O–H groups in total. The summed E-state index contributed by atoms with van der Waals surface area (Å²) in [4.78, 5) is 2.20. The zero-order valence-electron chi connectivity index (χ0n) is 11.9. The summed E-state index contributed by atoms with van der Waals surface area (Å²) in [7, 11) is 0. The predicted molar refractivity (Wildman–Crippen MR) is 79.1 cm³/mol. The second kappa shape index (κ2) is 6.90. The van der Waals surface area contributed by atoms with Gasteiger partial charge in [-0.25, -0.2) is 4.39 Å². The van der Waals surface area contributed by atoms with Crippen LogP contribution in [0.4, 0.5) is 10.1 Å². The van der Waals surface area contributed by atoms with E-state index in [9.17, 15) is 4.39 Å². The third kappa shape index (κ3) is 4.20. The van der Waals surface area contributed by atoms with Gasteiger partial charge in [0, 0.05) is 19.1 Å². The minimum Gasteiger partial charge on any atom is -0.369 e. The van der Waals surface area contributed by atoms with Crippen molar-refractivity contribution >= 4 is 5.69 Å². The molecule has 2 rings (SSSR count). The molecule has 1 unspecified atom stereocenters. The van der Waals surface area contributed by atoms with Crippen LogP contribution >= 0.6 is 0 Å². The molecule has 0 aliphatic carbocycles. The van der Waals surface area contributed by atoms with Gasteiger partial charge in [0.2, 0.25) is 0 Å². The highest BCUT2D eigenvalue weighted by atomic mass is 19.1. The Bertz CT molecular complexity index is 396. The number of nitrogens with two attached hydrogens (primary N) is 1. The maximum absolute atomic E-state index is 14.2. The Kier molecular flexibility index (Phi) is 5.20. The Hall–Kier alpha value is -1.09. The van der Waals surface area contributed by atoms with Gasteiger partial charge in [-0.2, -0.15) is 0 Å². The molecule has 19 heavy (non-hydrogen) atoms. The number of anilines is 1. The first-order valence-electron chi connectivity index (χ1n) is 7.46. The van der Waals surface area contributed by atoms with Crippen molar-refractivity contribution in [1.82, 2.24) is 0 Å². The van der Waals surface area contributed by atoms with Crippen molar-refractivity contribution in [1.29, 1.82) is 0 Å². The highest BCUT2D eigenvalue weighted by Gasteiger charge is 2.13. The van der Waals surface area contributed by atoms with Crippen molar-refractivity contribution in [3.05, 3.63) is 29.6 Å². The summed E-state index contributed by atoms with van der Waals surface area (Å²) in [5, 5.41) is 0. The number of nitrogens with zero attached hydrogens (tertiary/aromatic N) is 1. The molecular weight excluding hydrogens is 239 g/mol. The summed E-state index contributed by atoms with van der Waals surface area (Å²) in [6.07, 6.45) is 6.92. The molecule has 0 saturated carbocycles. The number of hydrogen-bond acceptors (Lipinski definition) is 2. The van der Waals surface area contributed by atoms with Gasteiger partial charge in [-0.1, -0.05) is 25.3 Å². The van der Waals surface area contributed by atoms with Gasteiger partial charge in [0.1, 0.15) is 5.82 Å². The lowest BCUT2D eigenvalue weighted by Gasteiger charge is -2.27. The van der Waals surface area contributed by atoms with Gasteiger partial charge in [-0.3, -0.25) is 0 Å². The Morgan fingerprint density at radius 3 is 2.37 bits per heavy atom. The van der Waals surface area contributed by atoms with E-state index >= 15 is 0 Å². The summed E-state index contributed by atoms with van der Waals surface area (Å²) in [6, 6.07) is 5.67. The van der Waals surface area contributed by atoms with Gasteiger partial charge in [0.15, 0.2) is 0 Å². The molecule has 1 aromatic rings. The van der Waals surface area contributed by atoms with E-state index in [1.165, 1.54) is 32.1 Å². The van der Waals surface area contributed by atoms with Crippen LogP contribution in [0.2, 0.25) is 0 Å². The first-order chi connectivity index (χ1) is 9.16. The van der Waals surface area contributed by atoms with Gasteiger partial charge >= 0.3 is 0 Å². The fraction of sp³-hybridized carbons (Fsp3) is 0.625. The molecule has 0 radical (unpaired) electrons. The average molecular weight is 264 g/mol. The van der Waals surface area contributed by atoms with Crippen molar-refractivity contribution in [3.8, 4) is 0 Å². The molecule has 1 saturated heterocycles. The lowest BCUT2D eigenvalue weighted by atomic mass is 10.0. The van der Waals surface area contributed by atoms with E-state index in [4.69, 9.17) is 5.73 Å². The predicted octanol–water partition coefficient (Wildman–Crippen LogP) is 3.49. The van der Waals surface area contributed by atoms with Crippen LogP contribution in [-0.2, 0) is 6.42 Å². The molecule has 106 valence electrons. The minimum absolute atomic E-state index is 0.0759. The molecule has 1 heterocycles. The van der Waals surface area contributed by atoms with Crippen LogP contribution in [0, 0.1) is 5.82 Å². The molecule has 1 atom stereocenters. The molecule has 2 nitrogen and oxygen atoms in total. The number of halogens is 1. The van der Waals surface area contributed by atoms with E-state index in [-0.39, 0.29) is 11.9 Å². The first-order valence-corrected chi connectivity index (χ1v) is 7.46. The van der Waals surface area contributed by atoms with Gasteiger partial charge in [-0.15, -0.1) is 0 Å². The van der Waals surface area contributed by atoms with Crippen LogP contribution in [0.5, 0.6) is 0 Å². The normalized spacial score (nSPS) is 18.8. The van der Waals surface area contributed by atoms with Crippen molar-refractivity contribution in [3.63, 3.8) is 0 Å². The van der Waals surface area contributed by atoms with Crippen molar-refractivity contribution in [2.45, 2.75) is 51.5 Å². The lowest BCUT2D eigenvalue weighted by Crippen LogP contribution is -2.28. The molecule has 1 aromatic carbocycles. The Morgan fingerprint density at radius 1 is 1.16 bits per heavy atom. The molecule has 0 aromatic heterocycles. The average Bonchev–Trinajstić information content (AvgIpc) is 2.29. The molecule has 0 spiro atoms. The third-order valence-corrected chi connectivity index (χ3v) is 3.77. The maximum atomic E-state index is 14.2. The molecule has 1 aliphatic heterocycles. The standard InChI is InChI=1S/C16H25FN2/c1-13(18)11-14-7-8-16(15(17)12-14)19-9-5-3-2-4-6-10-19/h7-8,12-13H,2-6,9-11,18H2,1H3. The van der Waals surface area contributed by atoms with Gasteiger partial charge in [0.25, 0.3) is 0 Å². The number of hydrogen-bond donors (Lipinski definition) is 1. The maximum Gasteiger partial charge on any atom is 0.146 e. The molecule has 3 heteroatoms. The summed E-state index contributed by atoms with van der Waals surface area (Å²) < 4.78 is 14.2. The Balaban J connectivity index is 2.10. The van der Waals surface area contributed by atoms with E-state index in [0.29, 0.717) is 0 Å². The van der Waals surface area contributed by atoms with E-state index in [0.717, 1.165) is 30.8 Å². The summed E-state index contributed by atoms with van der Waals surface area (Å²) >= 11 is 0. The largest absolute Gasteiger partial charge is 0.369 e. The Labute approximate surface area is 115 Å². The van der Waals surface area contributed by atoms with Crippen molar-refractivity contribution in [2.24, 2.45) is 5.73 Å². The fourth-order valence-electron chi connectivity index (χ4n) is 2.79. The van der Waals surface area contributed by atoms with Crippen LogP contribution < -0.4 is 10.6 Å². The summed E-state index contributed by atoms with van der Waals surface area (Å²) in [5.41, 5.74) is 7.51. The highest BCUT2D eigenvalue weighted by Crippen LogP contribution is 2.24. The van der Waals surface area contributed by atoms with E-state index in [1.54, 1.807) is 6.07 Å². The molecular formula is C16H25FN2. The molecule has 0 amide bonds. The van der Waals surface area contributed by atoms with Gasteiger partial charge in [-0.05, 0) is 43.9 Å². The second-order valence-electron chi connectivity index (χ2n) is 5.72. The van der Waals surface area contributed by atoms with Crippen LogP contribution in [0.3, 0.4) is 0 Å². The van der Waals surface area contributed by atoms with E-state index in [1.807, 2.05) is 19.1 Å². The summed E-state index contributed by atoms with van der Waals surface area (Å²) in [5.74, 6) is -0.0984. The third-order valence-electron chi connectivity index (χ3n) is 3.77. The van der Waals surface area contributed by atoms with E-state index < -0.39 is 0 Å². The second-order valence-corrected chi connectivity index (χ2v) is 5.72. The highest BCUT2D eigenvalue weighted by molar-refractivity contribution is 5.49.